The molecule has 0 aromatic heterocycles. The van der Waals surface area contributed by atoms with Gasteiger partial charge in [-0.2, -0.15) is 0 Å². The zero-order valence-corrected chi connectivity index (χ0v) is 17.2. The second kappa shape index (κ2) is 13.5. The lowest BCUT2D eigenvalue weighted by atomic mass is 10.1. The highest BCUT2D eigenvalue weighted by Gasteiger charge is 2.14. The van der Waals surface area contributed by atoms with Crippen LogP contribution in [-0.2, 0) is 0 Å². The van der Waals surface area contributed by atoms with Crippen molar-refractivity contribution in [2.75, 3.05) is 59.9 Å². The van der Waals surface area contributed by atoms with Crippen molar-refractivity contribution in [1.29, 1.82) is 0 Å². The summed E-state index contributed by atoms with van der Waals surface area (Å²) in [5, 5.41) is 10.3. The van der Waals surface area contributed by atoms with Crippen LogP contribution in [0.1, 0.15) is 47.5 Å². The summed E-state index contributed by atoms with van der Waals surface area (Å²) in [4.78, 5) is 7.26. The van der Waals surface area contributed by atoms with Crippen LogP contribution >= 0.6 is 0 Å². The summed E-state index contributed by atoms with van der Waals surface area (Å²) in [5.74, 6) is 0.536. The molecule has 1 heterocycles. The number of nitrogens with zero attached hydrogens (tertiary/aromatic N) is 3. The van der Waals surface area contributed by atoms with Crippen molar-refractivity contribution in [2.24, 2.45) is 0 Å². The van der Waals surface area contributed by atoms with E-state index in [0.717, 1.165) is 57.8 Å². The zero-order chi connectivity index (χ0) is 18.5. The van der Waals surface area contributed by atoms with Crippen LogP contribution in [-0.4, -0.2) is 79.7 Å². The SMILES string of the molecule is CC.CC/C(O)=C(\C=C(/C)CC)CN1CCN(C)CCN(C)CC1. The first kappa shape index (κ1) is 23.2. The lowest BCUT2D eigenvalue weighted by Crippen LogP contribution is -2.36. The largest absolute Gasteiger partial charge is 0.512 e. The third-order valence-corrected chi connectivity index (χ3v) is 4.54. The number of hydrogen-bond acceptors (Lipinski definition) is 4. The quantitative estimate of drug-likeness (QED) is 0.610. The molecule has 0 spiro atoms. The maximum atomic E-state index is 10.3. The van der Waals surface area contributed by atoms with Gasteiger partial charge >= 0.3 is 0 Å². The summed E-state index contributed by atoms with van der Waals surface area (Å²) in [6.07, 6.45) is 3.92. The van der Waals surface area contributed by atoms with Crippen LogP contribution in [0.3, 0.4) is 0 Å². The van der Waals surface area contributed by atoms with Gasteiger partial charge in [0, 0.05) is 57.8 Å². The van der Waals surface area contributed by atoms with E-state index < -0.39 is 0 Å². The molecule has 1 rings (SSSR count). The van der Waals surface area contributed by atoms with Crippen molar-refractivity contribution >= 4 is 0 Å². The van der Waals surface area contributed by atoms with Gasteiger partial charge < -0.3 is 14.9 Å². The van der Waals surface area contributed by atoms with Crippen LogP contribution in [0.15, 0.2) is 23.0 Å². The first-order chi connectivity index (χ1) is 11.5. The summed E-state index contributed by atoms with van der Waals surface area (Å²) in [6.45, 7) is 17.7. The zero-order valence-electron chi connectivity index (χ0n) is 17.2. The molecule has 1 N–H and O–H groups in total. The normalized spacial score (nSPS) is 20.4. The van der Waals surface area contributed by atoms with E-state index in [-0.39, 0.29) is 0 Å². The van der Waals surface area contributed by atoms with E-state index in [0.29, 0.717) is 12.2 Å². The molecule has 1 aliphatic heterocycles. The third kappa shape index (κ3) is 9.45. The highest BCUT2D eigenvalue weighted by atomic mass is 16.3. The van der Waals surface area contributed by atoms with E-state index >= 15 is 0 Å². The number of hydrogen-bond donors (Lipinski definition) is 1. The molecule has 24 heavy (non-hydrogen) atoms. The van der Waals surface area contributed by atoms with Crippen molar-refractivity contribution in [2.45, 2.75) is 47.5 Å². The van der Waals surface area contributed by atoms with E-state index in [4.69, 9.17) is 0 Å². The van der Waals surface area contributed by atoms with Crippen LogP contribution in [0.2, 0.25) is 0 Å². The number of allylic oxidation sites excluding steroid dienone is 2. The maximum absolute atomic E-state index is 10.3. The molecule has 1 fully saturated rings. The number of aliphatic hydroxyl groups is 1. The van der Waals surface area contributed by atoms with Gasteiger partial charge in [-0.3, -0.25) is 4.90 Å². The Kier molecular flexibility index (Phi) is 13.0. The lowest BCUT2D eigenvalue weighted by molar-refractivity contribution is 0.248. The van der Waals surface area contributed by atoms with Crippen LogP contribution in [0.25, 0.3) is 0 Å². The Balaban J connectivity index is 0.00000254. The Bertz CT molecular complexity index is 376. The lowest BCUT2D eigenvalue weighted by Gasteiger charge is -2.25. The van der Waals surface area contributed by atoms with E-state index in [1.54, 1.807) is 0 Å². The van der Waals surface area contributed by atoms with E-state index in [2.05, 4.69) is 48.7 Å². The maximum Gasteiger partial charge on any atom is 0.0964 e. The number of rotatable bonds is 5. The average molecular weight is 340 g/mol. The van der Waals surface area contributed by atoms with Gasteiger partial charge in [-0.15, -0.1) is 0 Å². The van der Waals surface area contributed by atoms with Gasteiger partial charge in [-0.05, 0) is 27.4 Å². The number of likely N-dealkylation sites (N-methyl/N-ethyl adjacent to an activating group) is 2. The fourth-order valence-electron chi connectivity index (χ4n) is 2.55. The highest BCUT2D eigenvalue weighted by Crippen LogP contribution is 2.14. The van der Waals surface area contributed by atoms with Gasteiger partial charge in [0.2, 0.25) is 0 Å². The van der Waals surface area contributed by atoms with Gasteiger partial charge in [0.1, 0.15) is 0 Å². The molecular formula is C20H41N3O. The van der Waals surface area contributed by atoms with Crippen LogP contribution < -0.4 is 0 Å². The molecule has 4 heteroatoms. The monoisotopic (exact) mass is 339 g/mol. The van der Waals surface area contributed by atoms with Crippen molar-refractivity contribution in [1.82, 2.24) is 14.7 Å². The molecule has 0 saturated carbocycles. The van der Waals surface area contributed by atoms with E-state index in [9.17, 15) is 5.11 Å². The highest BCUT2D eigenvalue weighted by molar-refractivity contribution is 5.26. The van der Waals surface area contributed by atoms with Crippen LogP contribution in [0, 0.1) is 0 Å². The van der Waals surface area contributed by atoms with Crippen molar-refractivity contribution in [3.05, 3.63) is 23.0 Å². The molecule has 0 amide bonds. The minimum atomic E-state index is 0.536. The van der Waals surface area contributed by atoms with Crippen molar-refractivity contribution < 1.29 is 5.11 Å². The molecule has 0 aliphatic carbocycles. The third-order valence-electron chi connectivity index (χ3n) is 4.54. The Labute approximate surface area is 150 Å². The van der Waals surface area contributed by atoms with Crippen molar-refractivity contribution in [3.63, 3.8) is 0 Å². The fraction of sp³-hybridized carbons (Fsp3) is 0.800. The second-order valence-corrected chi connectivity index (χ2v) is 6.55. The standard InChI is InChI=1S/C18H35N3O.C2H6/c1-6-16(3)14-17(18(22)7-2)15-21-12-10-19(4)8-9-20(5)11-13-21;1-2/h14,22H,6-13,15H2,1-5H3;1-2H3/b16-14+,18-17-;. The predicted octanol–water partition coefficient (Wildman–Crippen LogP) is 3.77. The molecule has 4 nitrogen and oxygen atoms in total. The summed E-state index contributed by atoms with van der Waals surface area (Å²) >= 11 is 0. The Hall–Kier alpha value is -0.840. The fourth-order valence-corrected chi connectivity index (χ4v) is 2.55. The van der Waals surface area contributed by atoms with Gasteiger partial charge in [0.05, 0.1) is 5.76 Å². The Morgan fingerprint density at radius 2 is 1.33 bits per heavy atom. The topological polar surface area (TPSA) is 30.0 Å². The predicted molar refractivity (Wildman–Crippen MR) is 107 cm³/mol. The summed E-state index contributed by atoms with van der Waals surface area (Å²) < 4.78 is 0. The Morgan fingerprint density at radius 3 is 1.75 bits per heavy atom. The van der Waals surface area contributed by atoms with E-state index in [1.165, 1.54) is 5.57 Å². The molecule has 1 saturated heterocycles. The summed E-state index contributed by atoms with van der Waals surface area (Å²) in [5.41, 5.74) is 2.42. The molecule has 0 aromatic carbocycles. The molecule has 0 radical (unpaired) electrons. The molecule has 0 atom stereocenters. The summed E-state index contributed by atoms with van der Waals surface area (Å²) in [7, 11) is 4.39. The minimum Gasteiger partial charge on any atom is -0.512 e. The molecule has 0 unspecified atom stereocenters. The Morgan fingerprint density at radius 1 is 0.875 bits per heavy atom. The molecule has 0 bridgehead atoms. The van der Waals surface area contributed by atoms with E-state index in [1.807, 2.05) is 20.8 Å². The van der Waals surface area contributed by atoms with Gasteiger partial charge in [0.15, 0.2) is 0 Å². The van der Waals surface area contributed by atoms with Gasteiger partial charge in [-0.1, -0.05) is 39.3 Å². The number of aliphatic hydroxyl groups excluding tert-OH is 1. The van der Waals surface area contributed by atoms with Crippen LogP contribution in [0.4, 0.5) is 0 Å². The molecular weight excluding hydrogens is 298 g/mol. The first-order valence-corrected chi connectivity index (χ1v) is 9.63. The van der Waals surface area contributed by atoms with Gasteiger partial charge in [-0.25, -0.2) is 0 Å². The molecule has 0 aromatic rings. The van der Waals surface area contributed by atoms with Crippen molar-refractivity contribution in [3.8, 4) is 0 Å². The smallest absolute Gasteiger partial charge is 0.0964 e. The minimum absolute atomic E-state index is 0.536. The molecule has 142 valence electrons. The summed E-state index contributed by atoms with van der Waals surface area (Å²) in [6, 6.07) is 0. The van der Waals surface area contributed by atoms with Crippen LogP contribution in [0.5, 0.6) is 0 Å². The average Bonchev–Trinajstić information content (AvgIpc) is 2.68. The first-order valence-electron chi connectivity index (χ1n) is 9.63. The molecule has 1 aliphatic rings. The second-order valence-electron chi connectivity index (χ2n) is 6.55. The van der Waals surface area contributed by atoms with Gasteiger partial charge in [0.25, 0.3) is 0 Å².